The zero-order valence-corrected chi connectivity index (χ0v) is 11.4. The van der Waals surface area contributed by atoms with Crippen molar-refractivity contribution in [1.82, 2.24) is 4.90 Å². The highest BCUT2D eigenvalue weighted by Crippen LogP contribution is 2.45. The predicted molar refractivity (Wildman–Crippen MR) is 72.7 cm³/mol. The molecule has 1 N–H and O–H groups in total. The maximum atomic E-state index is 13.8. The molecule has 0 saturated carbocycles. The van der Waals surface area contributed by atoms with Crippen LogP contribution in [0.25, 0.3) is 0 Å². The van der Waals surface area contributed by atoms with Crippen molar-refractivity contribution in [2.24, 2.45) is 0 Å². The average molecular weight is 262 g/mol. The van der Waals surface area contributed by atoms with E-state index in [4.69, 9.17) is 0 Å². The summed E-state index contributed by atoms with van der Waals surface area (Å²) in [6.45, 7) is 6.11. The van der Waals surface area contributed by atoms with Crippen LogP contribution < -0.4 is 5.32 Å². The lowest BCUT2D eigenvalue weighted by Gasteiger charge is -2.39. The highest BCUT2D eigenvalue weighted by atomic mass is 19.1. The lowest BCUT2D eigenvalue weighted by atomic mass is 9.73. The Bertz CT molecular complexity index is 519. The number of piperidine rings is 1. The summed E-state index contributed by atoms with van der Waals surface area (Å²) in [5.41, 5.74) is 0.731. The Hall–Kier alpha value is -1.42. The van der Waals surface area contributed by atoms with E-state index in [0.717, 1.165) is 31.5 Å². The van der Waals surface area contributed by atoms with Gasteiger partial charge in [0.15, 0.2) is 0 Å². The third kappa shape index (κ3) is 1.77. The molecule has 19 heavy (non-hydrogen) atoms. The molecule has 4 heteroatoms. The lowest BCUT2D eigenvalue weighted by Crippen LogP contribution is -2.48. The molecule has 0 atom stereocenters. The van der Waals surface area contributed by atoms with E-state index >= 15 is 0 Å². The first-order valence-electron chi connectivity index (χ1n) is 6.89. The number of hydrogen-bond donors (Lipinski definition) is 1. The van der Waals surface area contributed by atoms with Gasteiger partial charge in [0.1, 0.15) is 5.82 Å². The number of rotatable bonds is 1. The van der Waals surface area contributed by atoms with E-state index in [-0.39, 0.29) is 11.7 Å². The fourth-order valence-electron chi connectivity index (χ4n) is 3.32. The van der Waals surface area contributed by atoms with E-state index in [1.807, 2.05) is 6.07 Å². The van der Waals surface area contributed by atoms with Gasteiger partial charge in [-0.2, -0.15) is 0 Å². The van der Waals surface area contributed by atoms with Crippen molar-refractivity contribution < 1.29 is 9.18 Å². The van der Waals surface area contributed by atoms with Gasteiger partial charge in [-0.3, -0.25) is 4.79 Å². The van der Waals surface area contributed by atoms with Crippen molar-refractivity contribution in [3.63, 3.8) is 0 Å². The van der Waals surface area contributed by atoms with Crippen LogP contribution in [0.2, 0.25) is 0 Å². The largest absolute Gasteiger partial charge is 0.323 e. The lowest BCUT2D eigenvalue weighted by molar-refractivity contribution is -0.122. The Kier molecular flexibility index (Phi) is 2.86. The van der Waals surface area contributed by atoms with Gasteiger partial charge in [-0.1, -0.05) is 12.1 Å². The molecule has 2 heterocycles. The molecular formula is C15H19FN2O. The zero-order chi connectivity index (χ0) is 13.6. The van der Waals surface area contributed by atoms with Crippen LogP contribution in [0, 0.1) is 5.82 Å². The van der Waals surface area contributed by atoms with Gasteiger partial charge in [-0.15, -0.1) is 0 Å². The molecule has 1 amide bonds. The van der Waals surface area contributed by atoms with Gasteiger partial charge in [0.2, 0.25) is 5.91 Å². The molecule has 1 saturated heterocycles. The minimum atomic E-state index is -0.511. The minimum absolute atomic E-state index is 0.0315. The normalized spacial score (nSPS) is 21.8. The van der Waals surface area contributed by atoms with Crippen molar-refractivity contribution in [3.05, 3.63) is 29.6 Å². The summed E-state index contributed by atoms with van der Waals surface area (Å²) in [5, 5.41) is 2.74. The topological polar surface area (TPSA) is 32.3 Å². The standard InChI is InChI=1S/C15H19FN2O/c1-10(2)18-8-6-15(7-9-18)11-4-3-5-12(16)13(11)17-14(15)19/h3-5,10H,6-9H2,1-2H3,(H,17,19). The summed E-state index contributed by atoms with van der Waals surface area (Å²) >= 11 is 0. The molecule has 2 aliphatic rings. The maximum Gasteiger partial charge on any atom is 0.235 e. The van der Waals surface area contributed by atoms with Crippen molar-refractivity contribution >= 4 is 11.6 Å². The third-order valence-electron chi connectivity index (χ3n) is 4.58. The molecule has 0 bridgehead atoms. The molecule has 1 spiro atoms. The Morgan fingerprint density at radius 3 is 2.63 bits per heavy atom. The van der Waals surface area contributed by atoms with Crippen molar-refractivity contribution in [2.75, 3.05) is 18.4 Å². The van der Waals surface area contributed by atoms with Crippen LogP contribution in [-0.2, 0) is 10.2 Å². The molecular weight excluding hydrogens is 243 g/mol. The fourth-order valence-corrected chi connectivity index (χ4v) is 3.32. The molecule has 3 rings (SSSR count). The number of carbonyl (C=O) groups is 1. The monoisotopic (exact) mass is 262 g/mol. The Morgan fingerprint density at radius 1 is 1.32 bits per heavy atom. The summed E-state index contributed by atoms with van der Waals surface area (Å²) in [7, 11) is 0. The van der Waals surface area contributed by atoms with E-state index in [0.29, 0.717) is 11.7 Å². The van der Waals surface area contributed by atoms with Crippen LogP contribution in [0.5, 0.6) is 0 Å². The highest BCUT2D eigenvalue weighted by molar-refractivity contribution is 6.06. The van der Waals surface area contributed by atoms with E-state index < -0.39 is 5.41 Å². The highest BCUT2D eigenvalue weighted by Gasteiger charge is 2.49. The predicted octanol–water partition coefficient (Wildman–Crippen LogP) is 2.52. The Balaban J connectivity index is 1.95. The second-order valence-electron chi connectivity index (χ2n) is 5.83. The van der Waals surface area contributed by atoms with Crippen LogP contribution in [0.15, 0.2) is 18.2 Å². The average Bonchev–Trinajstić information content (AvgIpc) is 2.66. The molecule has 1 aromatic carbocycles. The number of para-hydroxylation sites is 1. The van der Waals surface area contributed by atoms with Crippen molar-refractivity contribution in [3.8, 4) is 0 Å². The quantitative estimate of drug-likeness (QED) is 0.843. The van der Waals surface area contributed by atoms with E-state index in [1.165, 1.54) is 6.07 Å². The summed E-state index contributed by atoms with van der Waals surface area (Å²) in [6, 6.07) is 5.49. The van der Waals surface area contributed by atoms with Crippen LogP contribution in [0.3, 0.4) is 0 Å². The van der Waals surface area contributed by atoms with Gasteiger partial charge >= 0.3 is 0 Å². The van der Waals surface area contributed by atoms with Crippen LogP contribution in [0.4, 0.5) is 10.1 Å². The molecule has 0 aromatic heterocycles. The van der Waals surface area contributed by atoms with E-state index in [2.05, 4.69) is 24.1 Å². The number of halogens is 1. The van der Waals surface area contributed by atoms with Gasteiger partial charge < -0.3 is 10.2 Å². The van der Waals surface area contributed by atoms with Gasteiger partial charge in [-0.25, -0.2) is 4.39 Å². The first kappa shape index (κ1) is 12.6. The number of nitrogens with zero attached hydrogens (tertiary/aromatic N) is 1. The Labute approximate surface area is 112 Å². The molecule has 102 valence electrons. The molecule has 0 radical (unpaired) electrons. The van der Waals surface area contributed by atoms with Crippen molar-refractivity contribution in [2.45, 2.75) is 38.1 Å². The van der Waals surface area contributed by atoms with Crippen LogP contribution in [-0.4, -0.2) is 29.9 Å². The summed E-state index contributed by atoms with van der Waals surface area (Å²) < 4.78 is 13.8. The number of benzene rings is 1. The van der Waals surface area contributed by atoms with Gasteiger partial charge in [0.25, 0.3) is 0 Å². The number of nitrogens with one attached hydrogen (secondary N) is 1. The number of amides is 1. The van der Waals surface area contributed by atoms with Crippen LogP contribution in [0.1, 0.15) is 32.3 Å². The van der Waals surface area contributed by atoms with E-state index in [9.17, 15) is 9.18 Å². The van der Waals surface area contributed by atoms with Crippen LogP contribution >= 0.6 is 0 Å². The molecule has 0 unspecified atom stereocenters. The summed E-state index contributed by atoms with van der Waals surface area (Å²) in [5.74, 6) is -0.356. The first-order valence-corrected chi connectivity index (χ1v) is 6.89. The summed E-state index contributed by atoms with van der Waals surface area (Å²) in [6.07, 6.45) is 1.54. The zero-order valence-electron chi connectivity index (χ0n) is 11.4. The molecule has 1 fully saturated rings. The maximum absolute atomic E-state index is 13.8. The molecule has 3 nitrogen and oxygen atoms in total. The molecule has 1 aromatic rings. The minimum Gasteiger partial charge on any atom is -0.323 e. The number of fused-ring (bicyclic) bond motifs is 2. The van der Waals surface area contributed by atoms with Gasteiger partial charge in [-0.05, 0) is 51.4 Å². The summed E-state index contributed by atoms with van der Waals surface area (Å²) in [4.78, 5) is 14.7. The molecule has 2 aliphatic heterocycles. The first-order chi connectivity index (χ1) is 9.04. The number of likely N-dealkylation sites (tertiary alicyclic amines) is 1. The fraction of sp³-hybridized carbons (Fsp3) is 0.533. The van der Waals surface area contributed by atoms with Gasteiger partial charge in [0, 0.05) is 6.04 Å². The number of hydrogen-bond acceptors (Lipinski definition) is 2. The van der Waals surface area contributed by atoms with Gasteiger partial charge in [0.05, 0.1) is 11.1 Å². The smallest absolute Gasteiger partial charge is 0.235 e. The van der Waals surface area contributed by atoms with E-state index in [1.54, 1.807) is 6.07 Å². The second-order valence-corrected chi connectivity index (χ2v) is 5.83. The second kappa shape index (κ2) is 4.30. The SMILES string of the molecule is CC(C)N1CCC2(CC1)C(=O)Nc1c(F)cccc12. The number of carbonyl (C=O) groups excluding carboxylic acids is 1. The van der Waals surface area contributed by atoms with Crippen molar-refractivity contribution in [1.29, 1.82) is 0 Å². The molecule has 0 aliphatic carbocycles. The Morgan fingerprint density at radius 2 is 2.00 bits per heavy atom. The third-order valence-corrected chi connectivity index (χ3v) is 4.58. The number of anilines is 1.